The number of nitrogens with zero attached hydrogens (tertiary/aromatic N) is 6. The molecule has 17 heteroatoms. The molecule has 338 valence electrons. The minimum Gasteiger partial charge on any atom is -0.464 e. The van der Waals surface area contributed by atoms with Crippen molar-refractivity contribution in [2.24, 2.45) is 24.3 Å². The summed E-state index contributed by atoms with van der Waals surface area (Å²) in [4.78, 5) is 81.5. The van der Waals surface area contributed by atoms with Crippen LogP contribution in [-0.2, 0) is 53.3 Å². The fraction of sp³-hybridized carbons (Fsp3) is 0.543. The van der Waals surface area contributed by atoms with Gasteiger partial charge in [0.15, 0.2) is 0 Å². The summed E-state index contributed by atoms with van der Waals surface area (Å²) >= 11 is 1.40. The van der Waals surface area contributed by atoms with Crippen molar-refractivity contribution in [2.75, 3.05) is 47.5 Å². The normalized spacial score (nSPS) is 21.5. The maximum absolute atomic E-state index is 14.6. The number of hydrogen-bond donors (Lipinski definition) is 2. The molecule has 1 aromatic carbocycles. The molecule has 6 heterocycles. The highest BCUT2D eigenvalue weighted by atomic mass is 32.1. The number of rotatable bonds is 8. The van der Waals surface area contributed by atoms with E-state index in [-0.39, 0.29) is 37.5 Å². The zero-order valence-corrected chi connectivity index (χ0v) is 38.5. The first kappa shape index (κ1) is 45.6. The van der Waals surface area contributed by atoms with Crippen LogP contribution in [0, 0.1) is 17.3 Å². The van der Waals surface area contributed by atoms with Crippen LogP contribution >= 0.6 is 11.3 Å². The summed E-state index contributed by atoms with van der Waals surface area (Å²) in [6.45, 7) is 10.8. The number of likely N-dealkylation sites (tertiary alicyclic amines) is 1. The number of nitrogens with one attached hydrogen (secondary N) is 2. The Balaban J connectivity index is 1.25. The molecule has 0 radical (unpaired) electrons. The molecule has 2 N–H and O–H groups in total. The van der Waals surface area contributed by atoms with E-state index in [1.165, 1.54) is 33.3 Å². The van der Waals surface area contributed by atoms with Crippen molar-refractivity contribution in [3.63, 3.8) is 0 Å². The van der Waals surface area contributed by atoms with E-state index in [1.807, 2.05) is 38.3 Å². The van der Waals surface area contributed by atoms with E-state index in [1.54, 1.807) is 20.4 Å². The van der Waals surface area contributed by atoms with Gasteiger partial charge >= 0.3 is 12.1 Å². The molecule has 0 unspecified atom stereocenters. The Morgan fingerprint density at radius 2 is 1.87 bits per heavy atom. The number of pyridine rings is 1. The third-order valence-corrected chi connectivity index (χ3v) is 13.5. The highest BCUT2D eigenvalue weighted by Gasteiger charge is 2.41. The Kier molecular flexibility index (Phi) is 13.6. The van der Waals surface area contributed by atoms with Crippen LogP contribution in [0.1, 0.15) is 76.3 Å². The number of ether oxygens (including phenoxy) is 3. The molecular formula is C46H60N8O8S. The highest BCUT2D eigenvalue weighted by molar-refractivity contribution is 7.10. The van der Waals surface area contributed by atoms with Crippen molar-refractivity contribution in [2.45, 2.75) is 91.0 Å². The van der Waals surface area contributed by atoms with Crippen molar-refractivity contribution in [3.8, 4) is 22.5 Å². The number of aromatic nitrogens is 3. The number of thiazole rings is 1. The predicted octanol–water partition coefficient (Wildman–Crippen LogP) is 5.29. The Labute approximate surface area is 372 Å². The third-order valence-electron chi connectivity index (χ3n) is 12.6. The Hall–Kier alpha value is -5.39. The fourth-order valence-electron chi connectivity index (χ4n) is 9.23. The van der Waals surface area contributed by atoms with Gasteiger partial charge in [-0.1, -0.05) is 33.8 Å². The molecule has 2 saturated heterocycles. The van der Waals surface area contributed by atoms with Crippen molar-refractivity contribution < 1.29 is 38.2 Å². The van der Waals surface area contributed by atoms with E-state index >= 15 is 0 Å². The van der Waals surface area contributed by atoms with E-state index in [2.05, 4.69) is 54.4 Å². The first-order valence-corrected chi connectivity index (χ1v) is 22.6. The summed E-state index contributed by atoms with van der Waals surface area (Å²) in [6, 6.07) is 7.49. The number of aryl methyl sites for hydroxylation is 1. The van der Waals surface area contributed by atoms with Crippen LogP contribution < -0.4 is 10.7 Å². The van der Waals surface area contributed by atoms with Crippen LogP contribution in [0.3, 0.4) is 0 Å². The van der Waals surface area contributed by atoms with Crippen LogP contribution in [0.25, 0.3) is 33.4 Å². The molecule has 5 atom stereocenters. The quantitative estimate of drug-likeness (QED) is 0.220. The SMILES string of the molecule is COC(=O)N1CC[C@H](C(=O)N(C)[C@H](C(=O)N[C@H]2Cc3nc(cs3)-c3ccc4c(c3)c(c(-c3cccnc3[C@H](C)OC)n4C)CC(C)(C)COC(=O)[C@@H]3CCCN(N3)C2=O)C(C)C)C1. The van der Waals surface area contributed by atoms with Gasteiger partial charge in [-0.05, 0) is 68.4 Å². The topological polar surface area (TPSA) is 178 Å². The van der Waals surface area contributed by atoms with Gasteiger partial charge in [-0.25, -0.2) is 15.2 Å². The molecule has 16 nitrogen and oxygen atoms in total. The first-order valence-electron chi connectivity index (χ1n) is 21.7. The number of esters is 1. The Bertz CT molecular complexity index is 2380. The molecule has 2 fully saturated rings. The van der Waals surface area contributed by atoms with Gasteiger partial charge < -0.3 is 33.9 Å². The number of carbonyl (C=O) groups is 5. The van der Waals surface area contributed by atoms with Crippen LogP contribution in [0.2, 0.25) is 0 Å². The summed E-state index contributed by atoms with van der Waals surface area (Å²) in [6.07, 6.45) is 3.10. The Morgan fingerprint density at radius 3 is 2.60 bits per heavy atom. The third kappa shape index (κ3) is 9.46. The maximum Gasteiger partial charge on any atom is 0.409 e. The number of amides is 4. The predicted molar refractivity (Wildman–Crippen MR) is 238 cm³/mol. The van der Waals surface area contributed by atoms with E-state index in [9.17, 15) is 24.0 Å². The van der Waals surface area contributed by atoms with E-state index in [0.717, 1.165) is 44.7 Å². The fourth-order valence-corrected chi connectivity index (χ4v) is 10.1. The van der Waals surface area contributed by atoms with Crippen molar-refractivity contribution in [3.05, 3.63) is 58.2 Å². The molecule has 63 heavy (non-hydrogen) atoms. The summed E-state index contributed by atoms with van der Waals surface area (Å²) in [5.74, 6) is -2.48. The summed E-state index contributed by atoms with van der Waals surface area (Å²) in [7, 11) is 6.61. The summed E-state index contributed by atoms with van der Waals surface area (Å²) < 4.78 is 18.9. The highest BCUT2D eigenvalue weighted by Crippen LogP contribution is 2.41. The molecule has 6 bridgehead atoms. The van der Waals surface area contributed by atoms with Crippen LogP contribution in [0.5, 0.6) is 0 Å². The molecule has 7 rings (SSSR count). The minimum absolute atomic E-state index is 0.0698. The smallest absolute Gasteiger partial charge is 0.409 e. The number of cyclic esters (lactones) is 1. The lowest BCUT2D eigenvalue weighted by Crippen LogP contribution is -2.62. The van der Waals surface area contributed by atoms with Gasteiger partial charge in [0.1, 0.15) is 18.1 Å². The van der Waals surface area contributed by atoms with Crippen molar-refractivity contribution in [1.29, 1.82) is 0 Å². The van der Waals surface area contributed by atoms with Crippen molar-refractivity contribution >= 4 is 52.0 Å². The monoisotopic (exact) mass is 884 g/mol. The lowest BCUT2D eigenvalue weighted by atomic mass is 9.84. The zero-order valence-electron chi connectivity index (χ0n) is 37.7. The average Bonchev–Trinajstić information content (AvgIpc) is 4.02. The molecule has 4 aromatic rings. The second-order valence-electron chi connectivity index (χ2n) is 18.1. The number of hydrazine groups is 1. The summed E-state index contributed by atoms with van der Waals surface area (Å²) in [5.41, 5.74) is 9.10. The number of fused-ring (bicyclic) bond motifs is 6. The average molecular weight is 885 g/mol. The second kappa shape index (κ2) is 18.8. The molecule has 0 aliphatic carbocycles. The zero-order chi connectivity index (χ0) is 45.3. The molecule has 4 amide bonds. The van der Waals surface area contributed by atoms with Crippen molar-refractivity contribution in [1.82, 2.24) is 40.1 Å². The van der Waals surface area contributed by atoms with Gasteiger partial charge in [0.05, 0.1) is 47.8 Å². The summed E-state index contributed by atoms with van der Waals surface area (Å²) in [5, 5.41) is 8.03. The molecule has 3 aliphatic rings. The van der Waals surface area contributed by atoms with Gasteiger partial charge in [-0.15, -0.1) is 11.3 Å². The minimum atomic E-state index is -1.09. The van der Waals surface area contributed by atoms with E-state index in [4.69, 9.17) is 24.2 Å². The molecular weight excluding hydrogens is 825 g/mol. The number of methoxy groups -OCH3 is 2. The van der Waals surface area contributed by atoms with Gasteiger partial charge in [-0.2, -0.15) is 0 Å². The largest absolute Gasteiger partial charge is 0.464 e. The second-order valence-corrected chi connectivity index (χ2v) is 19.1. The van der Waals surface area contributed by atoms with Gasteiger partial charge in [0, 0.05) is 86.3 Å². The molecule has 0 saturated carbocycles. The van der Waals surface area contributed by atoms with E-state index < -0.39 is 53.3 Å². The van der Waals surface area contributed by atoms with Gasteiger partial charge in [-0.3, -0.25) is 29.2 Å². The molecule has 3 aromatic heterocycles. The van der Waals surface area contributed by atoms with Crippen LogP contribution in [0.4, 0.5) is 4.79 Å². The maximum atomic E-state index is 14.6. The first-order chi connectivity index (χ1) is 30.0. The number of benzene rings is 1. The number of hydrogen-bond acceptors (Lipinski definition) is 12. The van der Waals surface area contributed by atoms with Gasteiger partial charge in [0.2, 0.25) is 11.8 Å². The van der Waals surface area contributed by atoms with Crippen LogP contribution in [0.15, 0.2) is 41.9 Å². The standard InChI is InChI=1S/C46H60N8O8S/c1-26(2)39(52(7)42(56)29-16-19-53(23-29)45(59)61-9)41(55)49-34-21-37-48-35(24-63-37)28-14-15-36-31(20-28)32(40(51(36)6)30-12-10-17-47-38(30)27(3)60-8)22-46(4,5)25-62-44(58)33-13-11-18-54(50-33)43(34)57/h10,12,14-15,17,20,24,26-27,29,33-34,39,50H,11,13,16,18-19,21-23,25H2,1-9H3,(H,49,55)/t27-,29-,33-,34-,39-/m0/s1. The number of likely N-dealkylation sites (N-methyl/N-ethyl adjacent to an activating group) is 1. The Morgan fingerprint density at radius 1 is 1.10 bits per heavy atom. The lowest BCUT2D eigenvalue weighted by Gasteiger charge is -2.36. The van der Waals surface area contributed by atoms with Gasteiger partial charge in [0.25, 0.3) is 5.91 Å². The number of carbonyl (C=O) groups excluding carboxylic acids is 5. The molecule has 3 aliphatic heterocycles. The molecule has 0 spiro atoms. The van der Waals surface area contributed by atoms with E-state index in [0.29, 0.717) is 43.8 Å². The lowest BCUT2D eigenvalue weighted by molar-refractivity contribution is -0.155. The van der Waals surface area contributed by atoms with Crippen LogP contribution in [-0.4, -0.2) is 125 Å².